The van der Waals surface area contributed by atoms with Crippen LogP contribution in [-0.2, 0) is 19.4 Å². The molecule has 10 heteroatoms. The topological polar surface area (TPSA) is 94.0 Å². The van der Waals surface area contributed by atoms with E-state index in [-0.39, 0.29) is 17.9 Å². The second-order valence-electron chi connectivity index (χ2n) is 12.9. The smallest absolute Gasteiger partial charge is 0.261 e. The van der Waals surface area contributed by atoms with E-state index < -0.39 is 0 Å². The molecule has 0 saturated carbocycles. The molecule has 0 radical (unpaired) electrons. The van der Waals surface area contributed by atoms with E-state index in [1.54, 1.807) is 11.3 Å². The van der Waals surface area contributed by atoms with Crippen molar-refractivity contribution in [3.63, 3.8) is 0 Å². The molecule has 1 aliphatic carbocycles. The minimum Gasteiger partial charge on any atom is -0.486 e. The van der Waals surface area contributed by atoms with Crippen molar-refractivity contribution in [2.75, 3.05) is 18.4 Å². The zero-order valence-corrected chi connectivity index (χ0v) is 28.2. The van der Waals surface area contributed by atoms with Gasteiger partial charge >= 0.3 is 0 Å². The van der Waals surface area contributed by atoms with Crippen LogP contribution in [0.2, 0.25) is 0 Å². The van der Waals surface area contributed by atoms with Gasteiger partial charge in [-0.2, -0.15) is 5.10 Å². The highest BCUT2D eigenvalue weighted by atomic mass is 32.1. The first-order valence-corrected chi connectivity index (χ1v) is 17.4. The van der Waals surface area contributed by atoms with E-state index in [2.05, 4.69) is 31.4 Å². The molecule has 1 amide bonds. The van der Waals surface area contributed by atoms with E-state index in [0.717, 1.165) is 62.6 Å². The minimum atomic E-state index is -0.0899. The Kier molecular flexibility index (Phi) is 8.25. The maximum absolute atomic E-state index is 13.2. The van der Waals surface area contributed by atoms with Crippen molar-refractivity contribution in [1.29, 1.82) is 0 Å². The Balaban J connectivity index is 1.08. The fourth-order valence-electron chi connectivity index (χ4n) is 6.17. The standard InChI is InChI=1S/C36H38N6O2S2/c1-22-27-20-29(46-35(27)42(41-22)24-11-7-5-8-12-24)33(43)38-18-17-37-32-31-26-16-15-23(36(2,3)4)19-28(26)45-34(31)40-30(39-32)21-44-25-13-9-6-10-14-25/h5-14,20,23H,15-19,21H2,1-4H3,(H,38,43)(H,37,39,40). The van der Waals surface area contributed by atoms with Crippen molar-refractivity contribution in [2.24, 2.45) is 11.3 Å². The zero-order valence-electron chi connectivity index (χ0n) is 26.6. The number of aromatic nitrogens is 4. The molecule has 0 spiro atoms. The molecule has 2 N–H and O–H groups in total. The Morgan fingerprint density at radius 2 is 1.78 bits per heavy atom. The van der Waals surface area contributed by atoms with Crippen LogP contribution in [0.1, 0.15) is 58.8 Å². The number of para-hydroxylation sites is 2. The van der Waals surface area contributed by atoms with Crippen molar-refractivity contribution >= 4 is 54.8 Å². The fourth-order valence-corrected chi connectivity index (χ4v) is 8.58. The Labute approximate surface area is 276 Å². The van der Waals surface area contributed by atoms with Crippen molar-refractivity contribution in [3.05, 3.63) is 93.6 Å². The summed E-state index contributed by atoms with van der Waals surface area (Å²) in [7, 11) is 0. The summed E-state index contributed by atoms with van der Waals surface area (Å²) >= 11 is 3.25. The van der Waals surface area contributed by atoms with E-state index >= 15 is 0 Å². The third-order valence-corrected chi connectivity index (χ3v) is 11.0. The normalized spacial score (nSPS) is 14.8. The quantitative estimate of drug-likeness (QED) is 0.154. The SMILES string of the molecule is Cc1nn(-c2ccccc2)c2sc(C(=O)NCCNc3nc(COc4ccccc4)nc4sc5c(c34)CCC(C(C)(C)C)C5)cc12. The van der Waals surface area contributed by atoms with Gasteiger partial charge in [-0.1, -0.05) is 57.2 Å². The van der Waals surface area contributed by atoms with Gasteiger partial charge in [0.05, 0.1) is 21.6 Å². The summed E-state index contributed by atoms with van der Waals surface area (Å²) in [6, 6.07) is 21.7. The summed E-state index contributed by atoms with van der Waals surface area (Å²) in [4.78, 5) is 27.2. The number of benzene rings is 2. The monoisotopic (exact) mass is 650 g/mol. The first-order chi connectivity index (χ1) is 22.2. The van der Waals surface area contributed by atoms with Gasteiger partial charge in [0.1, 0.15) is 27.8 Å². The van der Waals surface area contributed by atoms with Gasteiger partial charge in [-0.05, 0) is 73.4 Å². The number of nitrogens with one attached hydrogen (secondary N) is 2. The largest absolute Gasteiger partial charge is 0.486 e. The lowest BCUT2D eigenvalue weighted by molar-refractivity contribution is 0.0959. The van der Waals surface area contributed by atoms with Crippen LogP contribution in [0.3, 0.4) is 0 Å². The van der Waals surface area contributed by atoms with E-state index in [9.17, 15) is 4.79 Å². The van der Waals surface area contributed by atoms with Gasteiger partial charge in [0.15, 0.2) is 5.82 Å². The number of carbonyl (C=O) groups is 1. The highest BCUT2D eigenvalue weighted by Gasteiger charge is 2.32. The number of hydrogen-bond donors (Lipinski definition) is 2. The minimum absolute atomic E-state index is 0.0899. The summed E-state index contributed by atoms with van der Waals surface area (Å²) < 4.78 is 7.93. The lowest BCUT2D eigenvalue weighted by Gasteiger charge is -2.33. The van der Waals surface area contributed by atoms with Gasteiger partial charge in [-0.3, -0.25) is 4.79 Å². The lowest BCUT2D eigenvalue weighted by atomic mass is 9.72. The molecule has 0 bridgehead atoms. The number of anilines is 1. The van der Waals surface area contributed by atoms with Crippen LogP contribution in [0, 0.1) is 18.3 Å². The Morgan fingerprint density at radius 3 is 2.54 bits per heavy atom. The molecule has 4 aromatic heterocycles. The highest BCUT2D eigenvalue weighted by Crippen LogP contribution is 2.44. The average molecular weight is 651 g/mol. The Bertz CT molecular complexity index is 2010. The average Bonchev–Trinajstić information content (AvgIpc) is 3.75. The number of aryl methyl sites for hydroxylation is 2. The molecule has 2 aromatic carbocycles. The number of rotatable bonds is 9. The van der Waals surface area contributed by atoms with Crippen LogP contribution in [0.25, 0.3) is 26.1 Å². The van der Waals surface area contributed by atoms with Gasteiger partial charge in [-0.15, -0.1) is 22.7 Å². The summed E-state index contributed by atoms with van der Waals surface area (Å²) in [5.41, 5.74) is 3.52. The van der Waals surface area contributed by atoms with E-state index in [1.165, 1.54) is 21.8 Å². The number of nitrogens with zero attached hydrogens (tertiary/aromatic N) is 4. The number of hydrogen-bond acceptors (Lipinski definition) is 8. The molecular formula is C36H38N6O2S2. The van der Waals surface area contributed by atoms with Crippen LogP contribution < -0.4 is 15.4 Å². The highest BCUT2D eigenvalue weighted by molar-refractivity contribution is 7.20. The van der Waals surface area contributed by atoms with E-state index in [4.69, 9.17) is 19.8 Å². The molecule has 1 unspecified atom stereocenters. The number of ether oxygens (including phenoxy) is 1. The van der Waals surface area contributed by atoms with Crippen LogP contribution in [-0.4, -0.2) is 38.7 Å². The zero-order chi connectivity index (χ0) is 31.8. The maximum atomic E-state index is 13.2. The Morgan fingerprint density at radius 1 is 1.02 bits per heavy atom. The molecule has 236 valence electrons. The molecule has 46 heavy (non-hydrogen) atoms. The van der Waals surface area contributed by atoms with Crippen LogP contribution >= 0.6 is 22.7 Å². The van der Waals surface area contributed by atoms with E-state index in [0.29, 0.717) is 29.7 Å². The first-order valence-electron chi connectivity index (χ1n) is 15.8. The van der Waals surface area contributed by atoms with Gasteiger partial charge in [0.2, 0.25) is 0 Å². The van der Waals surface area contributed by atoms with Crippen LogP contribution in [0.4, 0.5) is 5.82 Å². The molecule has 6 aromatic rings. The molecule has 7 rings (SSSR count). The van der Waals surface area contributed by atoms with Crippen molar-refractivity contribution in [1.82, 2.24) is 25.1 Å². The van der Waals surface area contributed by atoms with E-state index in [1.807, 2.05) is 78.3 Å². The third kappa shape index (κ3) is 6.11. The summed E-state index contributed by atoms with van der Waals surface area (Å²) in [6.07, 6.45) is 3.26. The van der Waals surface area contributed by atoms with Gasteiger partial charge in [0.25, 0.3) is 5.91 Å². The Hall–Kier alpha value is -4.28. The molecule has 1 atom stereocenters. The molecule has 0 fully saturated rings. The van der Waals surface area contributed by atoms with Crippen molar-refractivity contribution in [3.8, 4) is 11.4 Å². The number of carbonyl (C=O) groups excluding carboxylic acids is 1. The molecule has 0 saturated heterocycles. The van der Waals surface area contributed by atoms with Crippen molar-refractivity contribution < 1.29 is 9.53 Å². The lowest BCUT2D eigenvalue weighted by Crippen LogP contribution is -2.28. The predicted molar refractivity (Wildman–Crippen MR) is 188 cm³/mol. The maximum Gasteiger partial charge on any atom is 0.261 e. The molecule has 8 nitrogen and oxygen atoms in total. The number of amides is 1. The van der Waals surface area contributed by atoms with Gasteiger partial charge in [-0.25, -0.2) is 14.6 Å². The van der Waals surface area contributed by atoms with Crippen LogP contribution in [0.15, 0.2) is 66.7 Å². The van der Waals surface area contributed by atoms with Crippen LogP contribution in [0.5, 0.6) is 5.75 Å². The summed E-state index contributed by atoms with van der Waals surface area (Å²) in [5.74, 6) is 2.80. The molecule has 4 heterocycles. The number of fused-ring (bicyclic) bond motifs is 4. The molecular weight excluding hydrogens is 613 g/mol. The third-order valence-electron chi connectivity index (χ3n) is 8.76. The summed E-state index contributed by atoms with van der Waals surface area (Å²) in [6.45, 7) is 10.3. The predicted octanol–water partition coefficient (Wildman–Crippen LogP) is 7.97. The molecule has 1 aliphatic rings. The van der Waals surface area contributed by atoms with Gasteiger partial charge in [0, 0.05) is 23.4 Å². The van der Waals surface area contributed by atoms with Crippen molar-refractivity contribution in [2.45, 2.75) is 53.6 Å². The molecule has 0 aliphatic heterocycles. The second-order valence-corrected chi connectivity index (χ2v) is 15.0. The summed E-state index contributed by atoms with van der Waals surface area (Å²) in [5, 5.41) is 13.5. The second kappa shape index (κ2) is 12.5. The van der Waals surface area contributed by atoms with Gasteiger partial charge < -0.3 is 15.4 Å². The number of thiophene rings is 2. The first kappa shape index (κ1) is 30.4. The fraction of sp³-hybridized carbons (Fsp3) is 0.333.